The van der Waals surface area contributed by atoms with E-state index in [0.29, 0.717) is 30.2 Å². The molecule has 4 N–H and O–H groups in total. The predicted octanol–water partition coefficient (Wildman–Crippen LogP) is 1.92. The molecule has 6 heteroatoms. The maximum absolute atomic E-state index is 5.87. The minimum absolute atomic E-state index is 0.275. The number of anilines is 2. The molecule has 0 aliphatic heterocycles. The number of rotatable bonds is 4. The van der Waals surface area contributed by atoms with Crippen LogP contribution in [-0.4, -0.2) is 16.6 Å². The Hall–Kier alpha value is -1.95. The van der Waals surface area contributed by atoms with Gasteiger partial charge in [0, 0.05) is 12.0 Å². The van der Waals surface area contributed by atoms with Crippen molar-refractivity contribution in [1.82, 2.24) is 9.97 Å². The summed E-state index contributed by atoms with van der Waals surface area (Å²) in [5.74, 6) is 1.52. The normalized spacial score (nSPS) is 10.4. The van der Waals surface area contributed by atoms with Crippen LogP contribution < -0.4 is 16.2 Å². The van der Waals surface area contributed by atoms with Crippen LogP contribution in [0, 0.1) is 0 Å². The van der Waals surface area contributed by atoms with Gasteiger partial charge in [-0.15, -0.1) is 12.6 Å². The largest absolute Gasteiger partial charge is 0.494 e. The van der Waals surface area contributed by atoms with Gasteiger partial charge in [-0.25, -0.2) is 9.97 Å². The highest BCUT2D eigenvalue weighted by Gasteiger charge is 2.12. The third-order valence-corrected chi connectivity index (χ3v) is 2.90. The molecule has 1 aromatic carbocycles. The molecule has 0 amide bonds. The lowest BCUT2D eigenvalue weighted by Gasteiger charge is -2.12. The van der Waals surface area contributed by atoms with Gasteiger partial charge in [-0.1, -0.05) is 18.2 Å². The zero-order valence-electron chi connectivity index (χ0n) is 10.6. The molecule has 0 aliphatic carbocycles. The van der Waals surface area contributed by atoms with E-state index in [2.05, 4.69) is 22.6 Å². The smallest absolute Gasteiger partial charge is 0.188 e. The Morgan fingerprint density at radius 1 is 1.16 bits per heavy atom. The van der Waals surface area contributed by atoms with Gasteiger partial charge < -0.3 is 16.2 Å². The fourth-order valence-electron chi connectivity index (χ4n) is 1.82. The number of thiol groups is 1. The van der Waals surface area contributed by atoms with Crippen molar-refractivity contribution >= 4 is 24.3 Å². The Balaban J connectivity index is 2.36. The van der Waals surface area contributed by atoms with Gasteiger partial charge in [-0.05, 0) is 18.6 Å². The zero-order valence-corrected chi connectivity index (χ0v) is 11.5. The second-order valence-corrected chi connectivity index (χ2v) is 4.39. The number of nitrogen functional groups attached to an aromatic ring is 2. The lowest BCUT2D eigenvalue weighted by molar-refractivity contribution is 0.337. The topological polar surface area (TPSA) is 87.0 Å². The number of para-hydroxylation sites is 1. The monoisotopic (exact) mass is 276 g/mol. The summed E-state index contributed by atoms with van der Waals surface area (Å²) >= 11 is 4.04. The van der Waals surface area contributed by atoms with Gasteiger partial charge in [0.25, 0.3) is 0 Å². The minimum Gasteiger partial charge on any atom is -0.494 e. The Kier molecular flexibility index (Phi) is 4.11. The molecule has 2 aromatic rings. The predicted molar refractivity (Wildman–Crippen MR) is 78.5 cm³/mol. The van der Waals surface area contributed by atoms with Crippen LogP contribution >= 0.6 is 12.6 Å². The first-order valence-corrected chi connectivity index (χ1v) is 6.38. The number of hydrogen-bond acceptors (Lipinski definition) is 6. The SMILES string of the molecule is CCOc1ccccc1Cc1c(N)nc(S)nc1N. The molecule has 19 heavy (non-hydrogen) atoms. The number of ether oxygens (including phenoxy) is 1. The highest BCUT2D eigenvalue weighted by molar-refractivity contribution is 7.80. The lowest BCUT2D eigenvalue weighted by Crippen LogP contribution is -2.07. The molecule has 0 aliphatic rings. The molecule has 0 radical (unpaired) electrons. The fourth-order valence-corrected chi connectivity index (χ4v) is 2.04. The summed E-state index contributed by atoms with van der Waals surface area (Å²) in [5.41, 5.74) is 13.4. The molecule has 0 unspecified atom stereocenters. The van der Waals surface area contributed by atoms with Crippen LogP contribution in [0.25, 0.3) is 0 Å². The molecule has 2 rings (SSSR count). The molecule has 0 fully saturated rings. The zero-order chi connectivity index (χ0) is 13.8. The molecule has 0 spiro atoms. The molecule has 5 nitrogen and oxygen atoms in total. The second kappa shape index (κ2) is 5.79. The van der Waals surface area contributed by atoms with Crippen molar-refractivity contribution in [3.8, 4) is 5.75 Å². The lowest BCUT2D eigenvalue weighted by atomic mass is 10.1. The van der Waals surface area contributed by atoms with E-state index < -0.39 is 0 Å². The molecular weight excluding hydrogens is 260 g/mol. The van der Waals surface area contributed by atoms with Crippen molar-refractivity contribution in [3.05, 3.63) is 35.4 Å². The molecule has 1 heterocycles. The average molecular weight is 276 g/mol. The van der Waals surface area contributed by atoms with Gasteiger partial charge in [0.15, 0.2) is 5.16 Å². The molecule has 0 bridgehead atoms. The minimum atomic E-state index is 0.275. The van der Waals surface area contributed by atoms with Crippen molar-refractivity contribution in [1.29, 1.82) is 0 Å². The highest BCUT2D eigenvalue weighted by atomic mass is 32.1. The first-order valence-electron chi connectivity index (χ1n) is 5.93. The second-order valence-electron chi connectivity index (χ2n) is 3.99. The molecule has 0 saturated heterocycles. The summed E-state index contributed by atoms with van der Waals surface area (Å²) in [6, 6.07) is 7.75. The maximum Gasteiger partial charge on any atom is 0.188 e. The average Bonchev–Trinajstić information content (AvgIpc) is 2.36. The van der Waals surface area contributed by atoms with Gasteiger partial charge in [0.2, 0.25) is 0 Å². The van der Waals surface area contributed by atoms with E-state index in [9.17, 15) is 0 Å². The molecule has 100 valence electrons. The number of hydrogen-bond donors (Lipinski definition) is 3. The summed E-state index contributed by atoms with van der Waals surface area (Å²) in [5, 5.41) is 0.275. The van der Waals surface area contributed by atoms with Crippen LogP contribution in [0.5, 0.6) is 5.75 Å². The number of aromatic nitrogens is 2. The summed E-state index contributed by atoms with van der Waals surface area (Å²) in [4.78, 5) is 8.03. The van der Waals surface area contributed by atoms with E-state index in [-0.39, 0.29) is 5.16 Å². The van der Waals surface area contributed by atoms with Gasteiger partial charge in [-0.3, -0.25) is 0 Å². The van der Waals surface area contributed by atoms with Gasteiger partial charge in [-0.2, -0.15) is 0 Å². The van der Waals surface area contributed by atoms with Crippen LogP contribution in [-0.2, 0) is 6.42 Å². The van der Waals surface area contributed by atoms with Crippen LogP contribution in [0.2, 0.25) is 0 Å². The van der Waals surface area contributed by atoms with E-state index in [1.165, 1.54) is 0 Å². The van der Waals surface area contributed by atoms with E-state index >= 15 is 0 Å². The Morgan fingerprint density at radius 2 is 1.79 bits per heavy atom. The summed E-state index contributed by atoms with van der Waals surface area (Å²) in [7, 11) is 0. The summed E-state index contributed by atoms with van der Waals surface area (Å²) in [6.45, 7) is 2.55. The van der Waals surface area contributed by atoms with Crippen molar-refractivity contribution in [2.45, 2.75) is 18.5 Å². The quantitative estimate of drug-likeness (QED) is 0.586. The maximum atomic E-state index is 5.87. The summed E-state index contributed by atoms with van der Waals surface area (Å²) in [6.07, 6.45) is 0.530. The van der Waals surface area contributed by atoms with Gasteiger partial charge in [0.1, 0.15) is 17.4 Å². The third kappa shape index (κ3) is 3.08. The van der Waals surface area contributed by atoms with Gasteiger partial charge >= 0.3 is 0 Å². The van der Waals surface area contributed by atoms with E-state index in [0.717, 1.165) is 11.3 Å². The molecule has 0 atom stereocenters. The highest BCUT2D eigenvalue weighted by Crippen LogP contribution is 2.26. The fraction of sp³-hybridized carbons (Fsp3) is 0.231. The van der Waals surface area contributed by atoms with Crippen LogP contribution in [0.4, 0.5) is 11.6 Å². The first kappa shape index (κ1) is 13.5. The van der Waals surface area contributed by atoms with Gasteiger partial charge in [0.05, 0.1) is 6.61 Å². The van der Waals surface area contributed by atoms with Crippen molar-refractivity contribution in [2.75, 3.05) is 18.1 Å². The molecule has 1 aromatic heterocycles. The number of nitrogens with two attached hydrogens (primary N) is 2. The Labute approximate surface area is 117 Å². The Morgan fingerprint density at radius 3 is 2.42 bits per heavy atom. The van der Waals surface area contributed by atoms with E-state index in [1.807, 2.05) is 31.2 Å². The van der Waals surface area contributed by atoms with Crippen molar-refractivity contribution in [3.63, 3.8) is 0 Å². The van der Waals surface area contributed by atoms with Crippen LogP contribution in [0.1, 0.15) is 18.1 Å². The van der Waals surface area contributed by atoms with E-state index in [4.69, 9.17) is 16.2 Å². The standard InChI is InChI=1S/C13H16N4OS/c1-2-18-10-6-4-3-5-8(10)7-9-11(14)16-13(19)17-12(9)15/h3-6H,2,7H2,1H3,(H5,14,15,16,17,19). The number of benzene rings is 1. The van der Waals surface area contributed by atoms with E-state index in [1.54, 1.807) is 0 Å². The van der Waals surface area contributed by atoms with Crippen LogP contribution in [0.15, 0.2) is 29.4 Å². The first-order chi connectivity index (χ1) is 9.11. The number of nitrogens with zero attached hydrogens (tertiary/aromatic N) is 2. The van der Waals surface area contributed by atoms with Crippen molar-refractivity contribution in [2.24, 2.45) is 0 Å². The Bertz CT molecular complexity index is 566. The van der Waals surface area contributed by atoms with Crippen molar-refractivity contribution < 1.29 is 4.74 Å². The van der Waals surface area contributed by atoms with Crippen LogP contribution in [0.3, 0.4) is 0 Å². The molecule has 0 saturated carbocycles. The summed E-state index contributed by atoms with van der Waals surface area (Å²) < 4.78 is 5.58. The molecular formula is C13H16N4OS. The third-order valence-electron chi connectivity index (χ3n) is 2.70.